The number of esters is 1. The standard InChI is InChI=1S/C16H14ClNO3/c1-2-21-16(20)13-10-12(17)8-9-14(13)18-15(19)11-6-4-3-5-7-11/h3-10H,2H2,1H3,(H,18,19). The number of amides is 1. The van der Waals surface area contributed by atoms with Crippen molar-refractivity contribution < 1.29 is 14.3 Å². The molecular formula is C16H14ClNO3. The number of rotatable bonds is 4. The van der Waals surface area contributed by atoms with Gasteiger partial charge in [0.2, 0.25) is 0 Å². The predicted molar refractivity (Wildman–Crippen MR) is 81.8 cm³/mol. The van der Waals surface area contributed by atoms with Crippen molar-refractivity contribution in [1.29, 1.82) is 0 Å². The molecule has 108 valence electrons. The largest absolute Gasteiger partial charge is 0.462 e. The second-order valence-corrected chi connectivity index (χ2v) is 4.67. The molecule has 0 spiro atoms. The van der Waals surface area contributed by atoms with Crippen LogP contribution in [0.25, 0.3) is 0 Å². The van der Waals surface area contributed by atoms with Crippen molar-refractivity contribution in [2.45, 2.75) is 6.92 Å². The van der Waals surface area contributed by atoms with E-state index >= 15 is 0 Å². The van der Waals surface area contributed by atoms with Crippen LogP contribution in [0, 0.1) is 0 Å². The molecule has 0 fully saturated rings. The maximum absolute atomic E-state index is 12.1. The molecular weight excluding hydrogens is 290 g/mol. The molecule has 2 rings (SSSR count). The Morgan fingerprint density at radius 3 is 2.52 bits per heavy atom. The van der Waals surface area contributed by atoms with Crippen molar-refractivity contribution >= 4 is 29.2 Å². The summed E-state index contributed by atoms with van der Waals surface area (Å²) in [6, 6.07) is 13.4. The molecule has 4 nitrogen and oxygen atoms in total. The summed E-state index contributed by atoms with van der Waals surface area (Å²) < 4.78 is 4.96. The Balaban J connectivity index is 2.27. The summed E-state index contributed by atoms with van der Waals surface area (Å²) in [5.41, 5.74) is 1.10. The topological polar surface area (TPSA) is 55.4 Å². The molecule has 0 aliphatic heterocycles. The van der Waals surface area contributed by atoms with Crippen molar-refractivity contribution in [3.8, 4) is 0 Å². The smallest absolute Gasteiger partial charge is 0.340 e. The van der Waals surface area contributed by atoms with Crippen molar-refractivity contribution in [2.75, 3.05) is 11.9 Å². The molecule has 0 aliphatic carbocycles. The molecule has 0 aliphatic rings. The number of carbonyl (C=O) groups is 2. The van der Waals surface area contributed by atoms with Gasteiger partial charge in [0.15, 0.2) is 0 Å². The molecule has 0 saturated heterocycles. The van der Waals surface area contributed by atoms with Gasteiger partial charge in [-0.15, -0.1) is 0 Å². The molecule has 0 heterocycles. The molecule has 0 radical (unpaired) electrons. The summed E-state index contributed by atoms with van der Waals surface area (Å²) in [7, 11) is 0. The highest BCUT2D eigenvalue weighted by atomic mass is 35.5. The van der Waals surface area contributed by atoms with E-state index in [1.807, 2.05) is 6.07 Å². The van der Waals surface area contributed by atoms with Crippen molar-refractivity contribution in [3.05, 3.63) is 64.7 Å². The monoisotopic (exact) mass is 303 g/mol. The van der Waals surface area contributed by atoms with Crippen molar-refractivity contribution in [1.82, 2.24) is 0 Å². The van der Waals surface area contributed by atoms with Crippen LogP contribution in [0.3, 0.4) is 0 Å². The zero-order chi connectivity index (χ0) is 15.2. The second kappa shape index (κ2) is 6.90. The Labute approximate surface area is 127 Å². The second-order valence-electron chi connectivity index (χ2n) is 4.23. The van der Waals surface area contributed by atoms with Crippen LogP contribution in [0.2, 0.25) is 5.02 Å². The minimum absolute atomic E-state index is 0.230. The maximum Gasteiger partial charge on any atom is 0.340 e. The van der Waals surface area contributed by atoms with Crippen LogP contribution in [-0.2, 0) is 4.74 Å². The molecule has 0 unspecified atom stereocenters. The Morgan fingerprint density at radius 2 is 1.86 bits per heavy atom. The van der Waals surface area contributed by atoms with E-state index in [1.165, 1.54) is 6.07 Å². The van der Waals surface area contributed by atoms with E-state index < -0.39 is 5.97 Å². The average molecular weight is 304 g/mol. The number of ether oxygens (including phenoxy) is 1. The first-order chi connectivity index (χ1) is 10.1. The number of nitrogens with one attached hydrogen (secondary N) is 1. The van der Waals surface area contributed by atoms with Gasteiger partial charge in [0.05, 0.1) is 17.9 Å². The van der Waals surface area contributed by atoms with E-state index in [9.17, 15) is 9.59 Å². The fraction of sp³-hybridized carbons (Fsp3) is 0.125. The Morgan fingerprint density at radius 1 is 1.14 bits per heavy atom. The summed E-state index contributed by atoms with van der Waals surface area (Å²) in [4.78, 5) is 24.0. The third-order valence-electron chi connectivity index (χ3n) is 2.76. The fourth-order valence-electron chi connectivity index (χ4n) is 1.79. The van der Waals surface area contributed by atoms with Gasteiger partial charge in [-0.3, -0.25) is 4.79 Å². The number of carbonyl (C=O) groups excluding carboxylic acids is 2. The minimum Gasteiger partial charge on any atom is -0.462 e. The molecule has 0 saturated carbocycles. The fourth-order valence-corrected chi connectivity index (χ4v) is 1.96. The normalized spacial score (nSPS) is 10.0. The highest BCUT2D eigenvalue weighted by molar-refractivity contribution is 6.31. The van der Waals surface area contributed by atoms with Crippen LogP contribution < -0.4 is 5.32 Å². The van der Waals surface area contributed by atoms with Crippen LogP contribution >= 0.6 is 11.6 Å². The summed E-state index contributed by atoms with van der Waals surface area (Å²) in [6.07, 6.45) is 0. The van der Waals surface area contributed by atoms with Gasteiger partial charge < -0.3 is 10.1 Å². The van der Waals surface area contributed by atoms with Gasteiger partial charge in [0.1, 0.15) is 0 Å². The minimum atomic E-state index is -0.525. The summed E-state index contributed by atoms with van der Waals surface area (Å²) in [6.45, 7) is 1.96. The van der Waals surface area contributed by atoms with Gasteiger partial charge in [-0.05, 0) is 37.3 Å². The molecule has 5 heteroatoms. The molecule has 2 aromatic carbocycles. The lowest BCUT2D eigenvalue weighted by Crippen LogP contribution is -2.15. The van der Waals surface area contributed by atoms with Crippen LogP contribution in [0.1, 0.15) is 27.6 Å². The third-order valence-corrected chi connectivity index (χ3v) is 3.00. The van der Waals surface area contributed by atoms with Gasteiger partial charge in [-0.25, -0.2) is 4.79 Å². The van der Waals surface area contributed by atoms with Crippen LogP contribution in [0.5, 0.6) is 0 Å². The Hall–Kier alpha value is -2.33. The number of halogens is 1. The highest BCUT2D eigenvalue weighted by Crippen LogP contribution is 2.22. The molecule has 1 N–H and O–H groups in total. The molecule has 0 aromatic heterocycles. The van der Waals surface area contributed by atoms with Crippen LogP contribution in [-0.4, -0.2) is 18.5 Å². The Kier molecular flexibility index (Phi) is 4.95. The molecule has 2 aromatic rings. The van der Waals surface area contributed by atoms with E-state index in [0.717, 1.165) is 0 Å². The number of hydrogen-bond acceptors (Lipinski definition) is 3. The lowest BCUT2D eigenvalue weighted by Gasteiger charge is -2.11. The summed E-state index contributed by atoms with van der Waals surface area (Å²) in [5.74, 6) is -0.827. The van der Waals surface area contributed by atoms with E-state index in [2.05, 4.69) is 5.32 Å². The average Bonchev–Trinajstić information content (AvgIpc) is 2.50. The van der Waals surface area contributed by atoms with Crippen molar-refractivity contribution in [3.63, 3.8) is 0 Å². The van der Waals surface area contributed by atoms with Gasteiger partial charge >= 0.3 is 5.97 Å². The summed E-state index contributed by atoms with van der Waals surface area (Å²) in [5, 5.41) is 3.09. The van der Waals surface area contributed by atoms with Gasteiger partial charge in [-0.1, -0.05) is 29.8 Å². The zero-order valence-corrected chi connectivity index (χ0v) is 12.2. The number of benzene rings is 2. The predicted octanol–water partition coefficient (Wildman–Crippen LogP) is 3.77. The first-order valence-electron chi connectivity index (χ1n) is 6.45. The SMILES string of the molecule is CCOC(=O)c1cc(Cl)ccc1NC(=O)c1ccccc1. The third kappa shape index (κ3) is 3.83. The lowest BCUT2D eigenvalue weighted by atomic mass is 10.1. The van der Waals surface area contributed by atoms with Gasteiger partial charge in [-0.2, -0.15) is 0 Å². The number of anilines is 1. The van der Waals surface area contributed by atoms with Crippen LogP contribution in [0.4, 0.5) is 5.69 Å². The van der Waals surface area contributed by atoms with E-state index in [1.54, 1.807) is 43.3 Å². The van der Waals surface area contributed by atoms with E-state index in [0.29, 0.717) is 16.3 Å². The van der Waals surface area contributed by atoms with Gasteiger partial charge in [0.25, 0.3) is 5.91 Å². The molecule has 0 atom stereocenters. The van der Waals surface area contributed by atoms with Crippen LogP contribution in [0.15, 0.2) is 48.5 Å². The van der Waals surface area contributed by atoms with E-state index in [4.69, 9.17) is 16.3 Å². The first-order valence-corrected chi connectivity index (χ1v) is 6.82. The molecule has 21 heavy (non-hydrogen) atoms. The zero-order valence-electron chi connectivity index (χ0n) is 11.4. The van der Waals surface area contributed by atoms with Crippen molar-refractivity contribution in [2.24, 2.45) is 0 Å². The summed E-state index contributed by atoms with van der Waals surface area (Å²) >= 11 is 5.89. The van der Waals surface area contributed by atoms with Gasteiger partial charge in [0, 0.05) is 10.6 Å². The quantitative estimate of drug-likeness (QED) is 0.875. The molecule has 0 bridgehead atoms. The molecule has 1 amide bonds. The Bertz CT molecular complexity index is 656. The van der Waals surface area contributed by atoms with E-state index in [-0.39, 0.29) is 18.1 Å². The first kappa shape index (κ1) is 15.1. The number of hydrogen-bond donors (Lipinski definition) is 1. The lowest BCUT2D eigenvalue weighted by molar-refractivity contribution is 0.0527. The maximum atomic E-state index is 12.1. The highest BCUT2D eigenvalue weighted by Gasteiger charge is 2.15.